The second kappa shape index (κ2) is 6.38. The molecule has 0 unspecified atom stereocenters. The summed E-state index contributed by atoms with van der Waals surface area (Å²) in [4.78, 5) is 9.52. The zero-order chi connectivity index (χ0) is 15.8. The molecule has 23 heavy (non-hydrogen) atoms. The van der Waals surface area contributed by atoms with Gasteiger partial charge in [-0.2, -0.15) is 0 Å². The maximum atomic E-state index is 10.2. The van der Waals surface area contributed by atoms with Crippen molar-refractivity contribution < 1.29 is 5.11 Å². The zero-order valence-electron chi connectivity index (χ0n) is 13.2. The Morgan fingerprint density at radius 1 is 1.22 bits per heavy atom. The van der Waals surface area contributed by atoms with Crippen molar-refractivity contribution in [3.05, 3.63) is 34.4 Å². The van der Waals surface area contributed by atoms with E-state index in [4.69, 9.17) is 0 Å². The number of aromatic nitrogens is 1. The van der Waals surface area contributed by atoms with Gasteiger partial charge in [0.15, 0.2) is 5.75 Å². The number of fused-ring (bicyclic) bond motifs is 1. The minimum absolute atomic E-state index is 0.235. The van der Waals surface area contributed by atoms with Gasteiger partial charge in [-0.1, -0.05) is 12.5 Å². The Balaban J connectivity index is 1.51. The molecule has 2 aliphatic rings. The highest BCUT2D eigenvalue weighted by Gasteiger charge is 2.28. The van der Waals surface area contributed by atoms with Gasteiger partial charge in [0.05, 0.1) is 4.47 Å². The maximum Gasteiger partial charge on any atom is 0.156 e. The molecular weight excluding hydrogens is 354 g/mol. The number of nitrogens with zero attached hydrogens (tertiary/aromatic N) is 3. The number of piperazine rings is 1. The fraction of sp³-hybridized carbons (Fsp3) is 0.500. The normalized spacial score (nSPS) is 20.7. The van der Waals surface area contributed by atoms with Gasteiger partial charge >= 0.3 is 0 Å². The average Bonchev–Trinajstić information content (AvgIpc) is 2.52. The molecule has 0 atom stereocenters. The molecule has 0 spiro atoms. The van der Waals surface area contributed by atoms with E-state index >= 15 is 0 Å². The molecule has 1 saturated carbocycles. The van der Waals surface area contributed by atoms with Crippen LogP contribution in [0.15, 0.2) is 28.9 Å². The number of phenolic OH excluding ortho intramolecular Hbond substituents is 1. The predicted molar refractivity (Wildman–Crippen MR) is 95.6 cm³/mol. The molecule has 0 radical (unpaired) electrons. The summed E-state index contributed by atoms with van der Waals surface area (Å²) in [5.74, 6) is 0.235. The Hall–Kier alpha value is -1.17. The molecule has 2 heterocycles. The second-order valence-electron chi connectivity index (χ2n) is 6.66. The maximum absolute atomic E-state index is 10.2. The quantitative estimate of drug-likeness (QED) is 0.892. The Bertz CT molecular complexity index is 709. The van der Waals surface area contributed by atoms with Crippen molar-refractivity contribution in [3.8, 4) is 5.75 Å². The van der Waals surface area contributed by atoms with Crippen molar-refractivity contribution in [1.29, 1.82) is 0 Å². The molecule has 4 rings (SSSR count). The van der Waals surface area contributed by atoms with Gasteiger partial charge in [0.1, 0.15) is 5.52 Å². The summed E-state index contributed by atoms with van der Waals surface area (Å²) in [6.07, 6.45) is 5.92. The molecule has 1 aromatic heterocycles. The third kappa shape index (κ3) is 2.97. The van der Waals surface area contributed by atoms with Gasteiger partial charge in [0.25, 0.3) is 0 Å². The number of phenols is 1. The first-order valence-corrected chi connectivity index (χ1v) is 9.23. The van der Waals surface area contributed by atoms with E-state index in [1.54, 1.807) is 6.20 Å². The van der Waals surface area contributed by atoms with Crippen LogP contribution in [0.3, 0.4) is 0 Å². The third-order valence-corrected chi connectivity index (χ3v) is 5.90. The van der Waals surface area contributed by atoms with Gasteiger partial charge in [0, 0.05) is 50.3 Å². The molecule has 0 bridgehead atoms. The lowest BCUT2D eigenvalue weighted by Gasteiger charge is -2.43. The first-order valence-electron chi connectivity index (χ1n) is 8.44. The molecule has 2 fully saturated rings. The topological polar surface area (TPSA) is 39.6 Å². The lowest BCUT2D eigenvalue weighted by atomic mass is 9.91. The smallest absolute Gasteiger partial charge is 0.156 e. The van der Waals surface area contributed by atoms with Gasteiger partial charge in [0.2, 0.25) is 0 Å². The van der Waals surface area contributed by atoms with Crippen molar-refractivity contribution in [2.24, 2.45) is 0 Å². The standard InChI is InChI=1S/C18H22BrN3O/c19-16-11-13(15-5-2-6-20-17(15)18(16)23)12-21-7-9-22(10-8-21)14-3-1-4-14/h2,5-6,11,14,23H,1,3-4,7-10,12H2. The fourth-order valence-electron chi connectivity index (χ4n) is 3.68. The summed E-state index contributed by atoms with van der Waals surface area (Å²) >= 11 is 3.46. The van der Waals surface area contributed by atoms with Crippen molar-refractivity contribution in [3.63, 3.8) is 0 Å². The van der Waals surface area contributed by atoms with Crippen LogP contribution in [-0.4, -0.2) is 52.1 Å². The van der Waals surface area contributed by atoms with Crippen LogP contribution in [0.25, 0.3) is 10.9 Å². The number of pyridine rings is 1. The fourth-order valence-corrected chi connectivity index (χ4v) is 4.14. The molecule has 1 aromatic carbocycles. The van der Waals surface area contributed by atoms with Crippen molar-refractivity contribution in [1.82, 2.24) is 14.8 Å². The molecule has 1 saturated heterocycles. The van der Waals surface area contributed by atoms with Crippen LogP contribution < -0.4 is 0 Å². The van der Waals surface area contributed by atoms with Crippen LogP contribution in [0.5, 0.6) is 5.75 Å². The highest BCUT2D eigenvalue weighted by Crippen LogP contribution is 2.34. The highest BCUT2D eigenvalue weighted by molar-refractivity contribution is 9.10. The molecule has 122 valence electrons. The monoisotopic (exact) mass is 375 g/mol. The van der Waals surface area contributed by atoms with Gasteiger partial charge < -0.3 is 5.11 Å². The predicted octanol–water partition coefficient (Wildman–Crippen LogP) is 3.37. The Morgan fingerprint density at radius 2 is 2.00 bits per heavy atom. The second-order valence-corrected chi connectivity index (χ2v) is 7.52. The van der Waals surface area contributed by atoms with Crippen LogP contribution >= 0.6 is 15.9 Å². The van der Waals surface area contributed by atoms with E-state index in [1.807, 2.05) is 12.1 Å². The summed E-state index contributed by atoms with van der Waals surface area (Å²) in [5, 5.41) is 11.2. The van der Waals surface area contributed by atoms with E-state index in [-0.39, 0.29) is 5.75 Å². The summed E-state index contributed by atoms with van der Waals surface area (Å²) in [6.45, 7) is 5.52. The lowest BCUT2D eigenvalue weighted by molar-refractivity contribution is 0.0589. The Kier molecular flexibility index (Phi) is 4.26. The van der Waals surface area contributed by atoms with Crippen molar-refractivity contribution >= 4 is 26.8 Å². The minimum atomic E-state index is 0.235. The highest BCUT2D eigenvalue weighted by atomic mass is 79.9. The number of aromatic hydroxyl groups is 1. The average molecular weight is 376 g/mol. The zero-order valence-corrected chi connectivity index (χ0v) is 14.8. The summed E-state index contributed by atoms with van der Waals surface area (Å²) < 4.78 is 0.729. The Labute approximate surface area is 145 Å². The molecule has 0 amide bonds. The molecule has 1 aliphatic heterocycles. The first-order chi connectivity index (χ1) is 11.2. The molecule has 1 aliphatic carbocycles. The third-order valence-electron chi connectivity index (χ3n) is 5.30. The number of halogens is 1. The van der Waals surface area contributed by atoms with Crippen molar-refractivity contribution in [2.45, 2.75) is 31.8 Å². The summed E-state index contributed by atoms with van der Waals surface area (Å²) in [6, 6.07) is 6.88. The molecule has 5 heteroatoms. The van der Waals surface area contributed by atoms with E-state index in [1.165, 1.54) is 37.9 Å². The molecular formula is C18H22BrN3O. The van der Waals surface area contributed by atoms with Crippen molar-refractivity contribution in [2.75, 3.05) is 26.2 Å². The van der Waals surface area contributed by atoms with Crippen LogP contribution in [0.2, 0.25) is 0 Å². The summed E-state index contributed by atoms with van der Waals surface area (Å²) in [7, 11) is 0. The molecule has 1 N–H and O–H groups in total. The van der Waals surface area contributed by atoms with E-state index < -0.39 is 0 Å². The van der Waals surface area contributed by atoms with Gasteiger partial charge in [-0.15, -0.1) is 0 Å². The first kappa shape index (κ1) is 15.4. The van der Waals surface area contributed by atoms with Crippen LogP contribution in [-0.2, 0) is 6.54 Å². The SMILES string of the molecule is Oc1c(Br)cc(CN2CCN(C3CCC3)CC2)c2cccnc12. The van der Waals surface area contributed by atoms with E-state index in [2.05, 4.69) is 36.8 Å². The summed E-state index contributed by atoms with van der Waals surface area (Å²) in [5.41, 5.74) is 1.92. The van der Waals surface area contributed by atoms with Gasteiger partial charge in [-0.05, 0) is 46.5 Å². The number of hydrogen-bond donors (Lipinski definition) is 1. The van der Waals surface area contributed by atoms with E-state index in [0.717, 1.165) is 35.5 Å². The lowest BCUT2D eigenvalue weighted by Crippen LogP contribution is -2.51. The van der Waals surface area contributed by atoms with Gasteiger partial charge in [-0.25, -0.2) is 0 Å². The van der Waals surface area contributed by atoms with Crippen LogP contribution in [0.1, 0.15) is 24.8 Å². The largest absolute Gasteiger partial charge is 0.505 e. The number of benzene rings is 1. The van der Waals surface area contributed by atoms with E-state index in [0.29, 0.717) is 5.52 Å². The van der Waals surface area contributed by atoms with Crippen LogP contribution in [0.4, 0.5) is 0 Å². The molecule has 2 aromatic rings. The Morgan fingerprint density at radius 3 is 2.70 bits per heavy atom. The number of hydrogen-bond acceptors (Lipinski definition) is 4. The van der Waals surface area contributed by atoms with Gasteiger partial charge in [-0.3, -0.25) is 14.8 Å². The van der Waals surface area contributed by atoms with E-state index in [9.17, 15) is 5.11 Å². The van der Waals surface area contributed by atoms with Crippen LogP contribution in [0, 0.1) is 0 Å². The molecule has 4 nitrogen and oxygen atoms in total. The minimum Gasteiger partial charge on any atom is -0.505 e. The number of rotatable bonds is 3.